The molecule has 0 aliphatic heterocycles. The lowest BCUT2D eigenvalue weighted by Crippen LogP contribution is -1.80. The molecule has 0 N–H and O–H groups in total. The molecule has 0 aromatic heterocycles. The molecule has 0 saturated heterocycles. The highest BCUT2D eigenvalue weighted by Gasteiger charge is 1.95. The van der Waals surface area contributed by atoms with Gasteiger partial charge in [0.1, 0.15) is 6.29 Å². The molecule has 2 rings (SSSR count). The Kier molecular flexibility index (Phi) is 5.73. The van der Waals surface area contributed by atoms with E-state index in [2.05, 4.69) is 26.0 Å². The molecule has 2 aromatic carbocycles. The number of hydrogen-bond acceptors (Lipinski definition) is 1. The number of aldehydes is 1. The van der Waals surface area contributed by atoms with Gasteiger partial charge in [0.05, 0.1) is 0 Å². The van der Waals surface area contributed by atoms with Gasteiger partial charge in [-0.2, -0.15) is 0 Å². The van der Waals surface area contributed by atoms with Crippen molar-refractivity contribution < 1.29 is 4.79 Å². The second-order valence-electron chi connectivity index (χ2n) is 3.81. The lowest BCUT2D eigenvalue weighted by atomic mass is 10.0. The molecular formula is C16H18O. The number of carbonyl (C=O) groups excluding carboxylic acids is 1. The van der Waals surface area contributed by atoms with Gasteiger partial charge in [-0.1, -0.05) is 74.9 Å². The van der Waals surface area contributed by atoms with Crippen LogP contribution in [-0.4, -0.2) is 6.29 Å². The van der Waals surface area contributed by atoms with Crippen LogP contribution in [0.25, 0.3) is 11.1 Å². The van der Waals surface area contributed by atoms with Gasteiger partial charge in [0.15, 0.2) is 0 Å². The van der Waals surface area contributed by atoms with Gasteiger partial charge in [0, 0.05) is 5.56 Å². The van der Waals surface area contributed by atoms with Crippen molar-refractivity contribution in [2.24, 2.45) is 0 Å². The third-order valence-corrected chi connectivity index (χ3v) is 2.15. The molecule has 0 aliphatic rings. The molecule has 0 atom stereocenters. The second kappa shape index (κ2) is 7.39. The minimum atomic E-state index is 0.713. The maximum atomic E-state index is 10.5. The molecule has 2 aromatic rings. The maximum absolute atomic E-state index is 10.5. The van der Waals surface area contributed by atoms with Gasteiger partial charge in [0.25, 0.3) is 0 Å². The third-order valence-electron chi connectivity index (χ3n) is 2.15. The Labute approximate surface area is 103 Å². The van der Waals surface area contributed by atoms with E-state index >= 15 is 0 Å². The van der Waals surface area contributed by atoms with Crippen molar-refractivity contribution >= 4 is 6.29 Å². The van der Waals surface area contributed by atoms with Gasteiger partial charge in [-0.3, -0.25) is 4.79 Å². The molecule has 0 radical (unpaired) electrons. The van der Waals surface area contributed by atoms with Crippen LogP contribution in [0.2, 0.25) is 0 Å². The zero-order valence-corrected chi connectivity index (χ0v) is 10.4. The first-order valence-electron chi connectivity index (χ1n) is 5.92. The van der Waals surface area contributed by atoms with Crippen LogP contribution in [0.4, 0.5) is 0 Å². The molecule has 0 unspecified atom stereocenters. The summed E-state index contributed by atoms with van der Waals surface area (Å²) >= 11 is 0. The Bertz CT molecular complexity index is 429. The van der Waals surface area contributed by atoms with Gasteiger partial charge in [0.2, 0.25) is 0 Å². The SMILES string of the molecule is CCC.O=Cc1ccc(-c2ccccc2)cc1. The Hall–Kier alpha value is -1.89. The van der Waals surface area contributed by atoms with E-state index in [9.17, 15) is 4.79 Å². The smallest absolute Gasteiger partial charge is 0.150 e. The molecule has 0 spiro atoms. The topological polar surface area (TPSA) is 17.1 Å². The molecule has 0 aliphatic carbocycles. The Balaban J connectivity index is 0.000000437. The quantitative estimate of drug-likeness (QED) is 0.685. The van der Waals surface area contributed by atoms with Crippen molar-refractivity contribution in [3.05, 3.63) is 60.2 Å². The van der Waals surface area contributed by atoms with Crippen LogP contribution in [0.1, 0.15) is 30.6 Å². The molecule has 0 amide bonds. The van der Waals surface area contributed by atoms with E-state index in [1.54, 1.807) is 0 Å². The van der Waals surface area contributed by atoms with E-state index in [0.717, 1.165) is 11.8 Å². The Morgan fingerprint density at radius 3 is 1.76 bits per heavy atom. The van der Waals surface area contributed by atoms with E-state index < -0.39 is 0 Å². The number of benzene rings is 2. The Morgan fingerprint density at radius 2 is 1.29 bits per heavy atom. The summed E-state index contributed by atoms with van der Waals surface area (Å²) in [5, 5.41) is 0. The van der Waals surface area contributed by atoms with Crippen molar-refractivity contribution in [1.29, 1.82) is 0 Å². The Morgan fingerprint density at radius 1 is 0.824 bits per heavy atom. The van der Waals surface area contributed by atoms with Crippen LogP contribution < -0.4 is 0 Å². The van der Waals surface area contributed by atoms with Gasteiger partial charge < -0.3 is 0 Å². The normalized spacial score (nSPS) is 9.06. The van der Waals surface area contributed by atoms with Crippen molar-refractivity contribution in [1.82, 2.24) is 0 Å². The van der Waals surface area contributed by atoms with Crippen molar-refractivity contribution in [2.75, 3.05) is 0 Å². The molecule has 1 nitrogen and oxygen atoms in total. The fourth-order valence-corrected chi connectivity index (χ4v) is 1.38. The minimum absolute atomic E-state index is 0.713. The molecule has 0 heterocycles. The molecule has 1 heteroatoms. The van der Waals surface area contributed by atoms with Crippen LogP contribution in [0.3, 0.4) is 0 Å². The summed E-state index contributed by atoms with van der Waals surface area (Å²) < 4.78 is 0. The highest BCUT2D eigenvalue weighted by molar-refractivity contribution is 5.76. The largest absolute Gasteiger partial charge is 0.298 e. The summed E-state index contributed by atoms with van der Waals surface area (Å²) in [7, 11) is 0. The van der Waals surface area contributed by atoms with Crippen molar-refractivity contribution in [3.8, 4) is 11.1 Å². The molecule has 88 valence electrons. The highest BCUT2D eigenvalue weighted by atomic mass is 16.1. The van der Waals surface area contributed by atoms with Gasteiger partial charge in [-0.15, -0.1) is 0 Å². The first kappa shape index (κ1) is 13.2. The summed E-state index contributed by atoms with van der Waals surface area (Å²) in [5.41, 5.74) is 3.02. The number of rotatable bonds is 2. The molecule has 17 heavy (non-hydrogen) atoms. The number of carbonyl (C=O) groups is 1. The van der Waals surface area contributed by atoms with Gasteiger partial charge in [-0.05, 0) is 11.1 Å². The monoisotopic (exact) mass is 226 g/mol. The lowest BCUT2D eigenvalue weighted by molar-refractivity contribution is 0.112. The maximum Gasteiger partial charge on any atom is 0.150 e. The van der Waals surface area contributed by atoms with Gasteiger partial charge >= 0.3 is 0 Å². The van der Waals surface area contributed by atoms with Crippen LogP contribution in [-0.2, 0) is 0 Å². The van der Waals surface area contributed by atoms with E-state index in [4.69, 9.17) is 0 Å². The van der Waals surface area contributed by atoms with Crippen LogP contribution >= 0.6 is 0 Å². The molecule has 0 bridgehead atoms. The molecular weight excluding hydrogens is 208 g/mol. The summed E-state index contributed by atoms with van der Waals surface area (Å²) in [4.78, 5) is 10.5. The summed E-state index contributed by atoms with van der Waals surface area (Å²) in [6.07, 6.45) is 2.11. The van der Waals surface area contributed by atoms with Crippen molar-refractivity contribution in [2.45, 2.75) is 20.3 Å². The summed E-state index contributed by atoms with van der Waals surface area (Å²) in [5.74, 6) is 0. The number of hydrogen-bond donors (Lipinski definition) is 0. The average Bonchev–Trinajstić information content (AvgIpc) is 2.41. The highest BCUT2D eigenvalue weighted by Crippen LogP contribution is 2.18. The van der Waals surface area contributed by atoms with E-state index in [1.807, 2.05) is 42.5 Å². The fraction of sp³-hybridized carbons (Fsp3) is 0.188. The predicted molar refractivity (Wildman–Crippen MR) is 73.2 cm³/mol. The van der Waals surface area contributed by atoms with Crippen LogP contribution in [0.15, 0.2) is 54.6 Å². The van der Waals surface area contributed by atoms with E-state index in [-0.39, 0.29) is 0 Å². The van der Waals surface area contributed by atoms with Gasteiger partial charge in [-0.25, -0.2) is 0 Å². The van der Waals surface area contributed by atoms with E-state index in [0.29, 0.717) is 5.56 Å². The first-order chi connectivity index (χ1) is 8.31. The van der Waals surface area contributed by atoms with Crippen molar-refractivity contribution in [3.63, 3.8) is 0 Å². The zero-order valence-electron chi connectivity index (χ0n) is 10.4. The van der Waals surface area contributed by atoms with Crippen LogP contribution in [0.5, 0.6) is 0 Å². The molecule has 0 saturated carbocycles. The third kappa shape index (κ3) is 4.23. The van der Waals surface area contributed by atoms with E-state index in [1.165, 1.54) is 12.0 Å². The first-order valence-corrected chi connectivity index (χ1v) is 5.92. The zero-order chi connectivity index (χ0) is 12.5. The average molecular weight is 226 g/mol. The lowest BCUT2D eigenvalue weighted by Gasteiger charge is -2.00. The predicted octanol–water partition coefficient (Wildman–Crippen LogP) is 4.58. The fourth-order valence-electron chi connectivity index (χ4n) is 1.38. The summed E-state index contributed by atoms with van der Waals surface area (Å²) in [6, 6.07) is 17.7. The van der Waals surface area contributed by atoms with Crippen LogP contribution in [0, 0.1) is 0 Å². The summed E-state index contributed by atoms with van der Waals surface area (Å²) in [6.45, 7) is 4.25. The molecule has 0 fully saturated rings. The standard InChI is InChI=1S/C13H10O.C3H8/c14-10-11-6-8-13(9-7-11)12-4-2-1-3-5-12;1-3-2/h1-10H;3H2,1-2H3. The second-order valence-corrected chi connectivity index (χ2v) is 3.81. The minimum Gasteiger partial charge on any atom is -0.298 e.